The van der Waals surface area contributed by atoms with E-state index in [0.29, 0.717) is 20.7 Å². The number of rotatable bonds is 4. The first-order chi connectivity index (χ1) is 9.10. The highest BCUT2D eigenvalue weighted by Gasteiger charge is 2.13. The highest BCUT2D eigenvalue weighted by atomic mass is 35.5. The molecule has 1 heterocycles. The number of anilines is 1. The van der Waals surface area contributed by atoms with Crippen molar-refractivity contribution in [1.82, 2.24) is 10.2 Å². The number of halogens is 2. The van der Waals surface area contributed by atoms with Gasteiger partial charge in [-0.25, -0.2) is 0 Å². The minimum Gasteiger partial charge on any atom is -0.296 e. The van der Waals surface area contributed by atoms with Crippen molar-refractivity contribution in [2.24, 2.45) is 0 Å². The molecule has 0 saturated carbocycles. The molecule has 1 N–H and O–H groups in total. The molecule has 100 valence electrons. The molecular weight excluding hydrogens is 325 g/mol. The van der Waals surface area contributed by atoms with E-state index in [1.54, 1.807) is 23.9 Å². The van der Waals surface area contributed by atoms with Gasteiger partial charge in [0.2, 0.25) is 5.13 Å². The lowest BCUT2D eigenvalue weighted by Gasteiger charge is -2.03. The molecule has 0 atom stereocenters. The summed E-state index contributed by atoms with van der Waals surface area (Å²) in [6.07, 6.45) is 0. The number of amides is 1. The Balaban J connectivity index is 2.11. The summed E-state index contributed by atoms with van der Waals surface area (Å²) in [4.78, 5) is 12.0. The Morgan fingerprint density at radius 1 is 1.42 bits per heavy atom. The summed E-state index contributed by atoms with van der Waals surface area (Å²) < 4.78 is 0.819. The number of carbonyl (C=O) groups is 1. The maximum absolute atomic E-state index is 12.0. The second-order valence-corrected chi connectivity index (χ2v) is 6.72. The standard InChI is InChI=1S/C11H9Cl2N3OS2/c1-2-18-11-16-15-10(19-11)14-9(17)7-4-3-6(12)5-8(7)13/h3-5H,2H2,1H3,(H,14,15,17). The molecule has 2 rings (SSSR count). The van der Waals surface area contributed by atoms with Crippen molar-refractivity contribution in [3.05, 3.63) is 33.8 Å². The second-order valence-electron chi connectivity index (χ2n) is 3.38. The summed E-state index contributed by atoms with van der Waals surface area (Å²) >= 11 is 14.6. The van der Waals surface area contributed by atoms with Gasteiger partial charge in [0.25, 0.3) is 5.91 Å². The normalized spacial score (nSPS) is 10.5. The largest absolute Gasteiger partial charge is 0.296 e. The molecule has 0 aliphatic heterocycles. The van der Waals surface area contributed by atoms with Crippen LogP contribution in [0, 0.1) is 0 Å². The number of nitrogens with zero attached hydrogens (tertiary/aromatic N) is 2. The molecule has 0 aliphatic rings. The van der Waals surface area contributed by atoms with Crippen molar-refractivity contribution in [2.75, 3.05) is 11.1 Å². The first-order valence-electron chi connectivity index (χ1n) is 5.33. The summed E-state index contributed by atoms with van der Waals surface area (Å²) in [5, 5.41) is 11.7. The Kier molecular flexibility index (Phi) is 5.04. The van der Waals surface area contributed by atoms with Crippen LogP contribution in [0.5, 0.6) is 0 Å². The third kappa shape index (κ3) is 3.82. The molecule has 0 spiro atoms. The highest BCUT2D eigenvalue weighted by Crippen LogP contribution is 2.26. The number of nitrogens with one attached hydrogen (secondary N) is 1. The van der Waals surface area contributed by atoms with Gasteiger partial charge < -0.3 is 0 Å². The Bertz CT molecular complexity index is 603. The van der Waals surface area contributed by atoms with Gasteiger partial charge in [-0.15, -0.1) is 10.2 Å². The minimum atomic E-state index is -0.328. The summed E-state index contributed by atoms with van der Waals surface area (Å²) in [5.74, 6) is 0.580. The van der Waals surface area contributed by atoms with Crippen LogP contribution in [0.4, 0.5) is 5.13 Å². The van der Waals surface area contributed by atoms with E-state index in [1.807, 2.05) is 6.92 Å². The molecule has 0 radical (unpaired) electrons. The zero-order chi connectivity index (χ0) is 13.8. The van der Waals surface area contributed by atoms with Gasteiger partial charge in [0.05, 0.1) is 10.6 Å². The minimum absolute atomic E-state index is 0.303. The van der Waals surface area contributed by atoms with Crippen molar-refractivity contribution in [3.63, 3.8) is 0 Å². The van der Waals surface area contributed by atoms with E-state index < -0.39 is 0 Å². The molecule has 2 aromatic rings. The summed E-state index contributed by atoms with van der Waals surface area (Å²) in [5.41, 5.74) is 0.353. The Labute approximate surface area is 128 Å². The van der Waals surface area contributed by atoms with E-state index in [9.17, 15) is 4.79 Å². The fraction of sp³-hybridized carbons (Fsp3) is 0.182. The average Bonchev–Trinajstić information content (AvgIpc) is 2.76. The smallest absolute Gasteiger partial charge is 0.259 e. The zero-order valence-electron chi connectivity index (χ0n) is 9.81. The molecule has 0 unspecified atom stereocenters. The molecule has 0 saturated heterocycles. The van der Waals surface area contributed by atoms with Gasteiger partial charge in [0.15, 0.2) is 4.34 Å². The van der Waals surface area contributed by atoms with Crippen LogP contribution in [-0.2, 0) is 0 Å². The summed E-state index contributed by atoms with van der Waals surface area (Å²) in [6, 6.07) is 4.71. The van der Waals surface area contributed by atoms with Crippen LogP contribution in [0.2, 0.25) is 10.0 Å². The Morgan fingerprint density at radius 3 is 2.89 bits per heavy atom. The third-order valence-corrected chi connectivity index (χ3v) is 4.47. The van der Waals surface area contributed by atoms with Gasteiger partial charge in [-0.05, 0) is 24.0 Å². The van der Waals surface area contributed by atoms with Gasteiger partial charge in [0, 0.05) is 5.02 Å². The van der Waals surface area contributed by atoms with E-state index in [2.05, 4.69) is 15.5 Å². The Hall–Kier alpha value is -0.820. The lowest BCUT2D eigenvalue weighted by atomic mass is 10.2. The number of hydrogen-bond donors (Lipinski definition) is 1. The van der Waals surface area contributed by atoms with Crippen LogP contribution in [-0.4, -0.2) is 21.9 Å². The summed E-state index contributed by atoms with van der Waals surface area (Å²) in [7, 11) is 0. The van der Waals surface area contributed by atoms with Crippen molar-refractivity contribution in [2.45, 2.75) is 11.3 Å². The van der Waals surface area contributed by atoms with Crippen LogP contribution < -0.4 is 5.32 Å². The van der Waals surface area contributed by atoms with Gasteiger partial charge >= 0.3 is 0 Å². The Morgan fingerprint density at radius 2 is 2.21 bits per heavy atom. The van der Waals surface area contributed by atoms with Crippen LogP contribution in [0.15, 0.2) is 22.5 Å². The molecule has 0 bridgehead atoms. The number of aromatic nitrogens is 2. The molecule has 8 heteroatoms. The topological polar surface area (TPSA) is 54.9 Å². The first-order valence-corrected chi connectivity index (χ1v) is 7.88. The maximum atomic E-state index is 12.0. The molecule has 1 amide bonds. The lowest BCUT2D eigenvalue weighted by molar-refractivity contribution is 0.102. The van der Waals surface area contributed by atoms with E-state index in [4.69, 9.17) is 23.2 Å². The van der Waals surface area contributed by atoms with Crippen LogP contribution >= 0.6 is 46.3 Å². The van der Waals surface area contributed by atoms with Crippen LogP contribution in [0.25, 0.3) is 0 Å². The number of hydrogen-bond acceptors (Lipinski definition) is 5. The zero-order valence-corrected chi connectivity index (χ0v) is 13.0. The lowest BCUT2D eigenvalue weighted by Crippen LogP contribution is -2.12. The van der Waals surface area contributed by atoms with Crippen molar-refractivity contribution < 1.29 is 4.79 Å². The summed E-state index contributed by atoms with van der Waals surface area (Å²) in [6.45, 7) is 2.03. The van der Waals surface area contributed by atoms with Gasteiger partial charge in [-0.2, -0.15) is 0 Å². The SMILES string of the molecule is CCSc1nnc(NC(=O)c2ccc(Cl)cc2Cl)s1. The fourth-order valence-corrected chi connectivity index (χ4v) is 3.42. The molecule has 1 aromatic heterocycles. The third-order valence-electron chi connectivity index (χ3n) is 2.07. The molecule has 1 aromatic carbocycles. The van der Waals surface area contributed by atoms with Crippen molar-refractivity contribution in [3.8, 4) is 0 Å². The molecule has 0 aliphatic carbocycles. The quantitative estimate of drug-likeness (QED) is 0.672. The van der Waals surface area contributed by atoms with E-state index in [1.165, 1.54) is 17.4 Å². The van der Waals surface area contributed by atoms with Crippen molar-refractivity contribution >= 4 is 57.3 Å². The van der Waals surface area contributed by atoms with Crippen molar-refractivity contribution in [1.29, 1.82) is 0 Å². The maximum Gasteiger partial charge on any atom is 0.259 e. The fourth-order valence-electron chi connectivity index (χ4n) is 1.28. The number of carbonyl (C=O) groups excluding carboxylic acids is 1. The molecular formula is C11H9Cl2N3OS2. The van der Waals surface area contributed by atoms with Gasteiger partial charge in [0.1, 0.15) is 0 Å². The van der Waals surface area contributed by atoms with Crippen LogP contribution in [0.1, 0.15) is 17.3 Å². The molecule has 0 fully saturated rings. The van der Waals surface area contributed by atoms with E-state index in [-0.39, 0.29) is 5.91 Å². The second kappa shape index (κ2) is 6.56. The van der Waals surface area contributed by atoms with Gasteiger partial charge in [-0.3, -0.25) is 10.1 Å². The predicted molar refractivity (Wildman–Crippen MR) is 80.7 cm³/mol. The average molecular weight is 334 g/mol. The first kappa shape index (κ1) is 14.6. The monoisotopic (exact) mass is 333 g/mol. The van der Waals surface area contributed by atoms with E-state index >= 15 is 0 Å². The van der Waals surface area contributed by atoms with Crippen LogP contribution in [0.3, 0.4) is 0 Å². The van der Waals surface area contributed by atoms with E-state index in [0.717, 1.165) is 10.1 Å². The predicted octanol–water partition coefficient (Wildman–Crippen LogP) is 4.21. The highest BCUT2D eigenvalue weighted by molar-refractivity contribution is 8.01. The number of thioether (sulfide) groups is 1. The number of benzene rings is 1. The molecule has 4 nitrogen and oxygen atoms in total. The van der Waals surface area contributed by atoms with Gasteiger partial charge in [-0.1, -0.05) is 53.2 Å². The molecule has 19 heavy (non-hydrogen) atoms.